The Balaban J connectivity index is 1.29. The fourth-order valence-electron chi connectivity index (χ4n) is 4.49. The van der Waals surface area contributed by atoms with Crippen molar-refractivity contribution in [2.45, 2.75) is 50.2 Å². The summed E-state index contributed by atoms with van der Waals surface area (Å²) in [5.74, 6) is 2.39. The van der Waals surface area contributed by atoms with Crippen LogP contribution in [0, 0.1) is 0 Å². The van der Waals surface area contributed by atoms with E-state index in [1.807, 2.05) is 36.4 Å². The molecule has 2 aromatic carbocycles. The van der Waals surface area contributed by atoms with Crippen molar-refractivity contribution in [1.29, 1.82) is 0 Å². The first-order valence-electron chi connectivity index (χ1n) is 10.3. The summed E-state index contributed by atoms with van der Waals surface area (Å²) in [4.78, 5) is 12.8. The highest BCUT2D eigenvalue weighted by atomic mass is 35.5. The van der Waals surface area contributed by atoms with Crippen LogP contribution in [-0.4, -0.2) is 24.7 Å². The molecule has 1 N–H and O–H groups in total. The number of hydrogen-bond acceptors (Lipinski definition) is 4. The van der Waals surface area contributed by atoms with Gasteiger partial charge < -0.3 is 19.5 Å². The van der Waals surface area contributed by atoms with E-state index in [1.54, 1.807) is 0 Å². The van der Waals surface area contributed by atoms with Gasteiger partial charge in [-0.1, -0.05) is 23.7 Å². The van der Waals surface area contributed by atoms with E-state index in [4.69, 9.17) is 25.8 Å². The Kier molecular flexibility index (Phi) is 4.78. The Morgan fingerprint density at radius 1 is 1.14 bits per heavy atom. The molecule has 1 saturated carbocycles. The van der Waals surface area contributed by atoms with Crippen molar-refractivity contribution < 1.29 is 19.0 Å². The second kappa shape index (κ2) is 7.45. The molecule has 1 spiro atoms. The lowest BCUT2D eigenvalue weighted by molar-refractivity contribution is -0.123. The summed E-state index contributed by atoms with van der Waals surface area (Å²) in [6.07, 6.45) is 5.04. The van der Waals surface area contributed by atoms with Gasteiger partial charge in [0.2, 0.25) is 5.91 Å². The first-order valence-corrected chi connectivity index (χ1v) is 10.7. The van der Waals surface area contributed by atoms with Gasteiger partial charge in [-0.3, -0.25) is 4.79 Å². The van der Waals surface area contributed by atoms with Gasteiger partial charge in [0.15, 0.2) is 11.5 Å². The molecular weight excluding hydrogens is 390 g/mol. The number of rotatable bonds is 4. The maximum Gasteiger partial charge on any atom is 0.220 e. The molecule has 0 aromatic heterocycles. The zero-order valence-electron chi connectivity index (χ0n) is 16.2. The molecule has 152 valence electrons. The van der Waals surface area contributed by atoms with Crippen molar-refractivity contribution in [1.82, 2.24) is 5.32 Å². The average molecular weight is 414 g/mol. The van der Waals surface area contributed by atoms with Crippen LogP contribution in [0.15, 0.2) is 36.4 Å². The van der Waals surface area contributed by atoms with Crippen LogP contribution in [0.25, 0.3) is 0 Å². The molecule has 0 radical (unpaired) electrons. The first kappa shape index (κ1) is 18.6. The molecule has 3 aliphatic rings. The largest absolute Gasteiger partial charge is 0.487 e. The molecule has 29 heavy (non-hydrogen) atoms. The summed E-state index contributed by atoms with van der Waals surface area (Å²) >= 11 is 6.21. The Hall–Kier alpha value is -2.40. The van der Waals surface area contributed by atoms with Crippen molar-refractivity contribution in [2.24, 2.45) is 0 Å². The van der Waals surface area contributed by atoms with E-state index in [0.29, 0.717) is 31.1 Å². The van der Waals surface area contributed by atoms with Gasteiger partial charge in [-0.05, 0) is 55.5 Å². The highest BCUT2D eigenvalue weighted by molar-refractivity contribution is 6.30. The maximum atomic E-state index is 12.8. The van der Waals surface area contributed by atoms with E-state index < -0.39 is 0 Å². The van der Waals surface area contributed by atoms with E-state index in [-0.39, 0.29) is 17.6 Å². The van der Waals surface area contributed by atoms with Crippen molar-refractivity contribution in [2.75, 3.05) is 13.2 Å². The highest BCUT2D eigenvalue weighted by Gasteiger charge is 2.45. The van der Waals surface area contributed by atoms with Crippen LogP contribution in [0.1, 0.15) is 49.3 Å². The van der Waals surface area contributed by atoms with Crippen molar-refractivity contribution in [3.63, 3.8) is 0 Å². The van der Waals surface area contributed by atoms with Gasteiger partial charge in [0.05, 0.1) is 6.04 Å². The predicted molar refractivity (Wildman–Crippen MR) is 110 cm³/mol. The van der Waals surface area contributed by atoms with Crippen LogP contribution in [0.3, 0.4) is 0 Å². The molecule has 2 aliphatic heterocycles. The number of carbonyl (C=O) groups is 1. The number of amides is 1. The number of para-hydroxylation sites is 1. The SMILES string of the molecule is O=C(CCc1cccc2c1OCCO2)NC1CC2(CCC2)Oc2ccc(Cl)cc21. The zero-order valence-corrected chi connectivity index (χ0v) is 17.0. The van der Waals surface area contributed by atoms with Crippen LogP contribution in [0.5, 0.6) is 17.2 Å². The summed E-state index contributed by atoms with van der Waals surface area (Å²) in [5, 5.41) is 3.88. The molecule has 2 aromatic rings. The fraction of sp³-hybridized carbons (Fsp3) is 0.435. The number of ether oxygens (including phenoxy) is 3. The summed E-state index contributed by atoms with van der Waals surface area (Å²) in [5.41, 5.74) is 1.84. The molecule has 1 fully saturated rings. The monoisotopic (exact) mass is 413 g/mol. The number of nitrogens with one attached hydrogen (secondary N) is 1. The third-order valence-electron chi connectivity index (χ3n) is 6.12. The summed E-state index contributed by atoms with van der Waals surface area (Å²) in [6.45, 7) is 1.10. The standard InChI is InChI=1S/C23H24ClNO4/c24-16-6-7-19-17(13-16)18(14-23(29-19)9-2-10-23)25-21(26)8-5-15-3-1-4-20-22(15)28-12-11-27-20/h1,3-4,6-7,13,18H,2,5,8-12,14H2,(H,25,26). The molecule has 5 rings (SSSR count). The highest BCUT2D eigenvalue weighted by Crippen LogP contribution is 2.49. The van der Waals surface area contributed by atoms with Crippen LogP contribution >= 0.6 is 11.6 Å². The number of hydrogen-bond donors (Lipinski definition) is 1. The topological polar surface area (TPSA) is 56.8 Å². The lowest BCUT2D eigenvalue weighted by atomic mass is 9.73. The number of fused-ring (bicyclic) bond motifs is 2. The van der Waals surface area contributed by atoms with E-state index in [1.165, 1.54) is 6.42 Å². The van der Waals surface area contributed by atoms with Crippen molar-refractivity contribution in [3.05, 3.63) is 52.5 Å². The third-order valence-corrected chi connectivity index (χ3v) is 6.35. The molecule has 1 atom stereocenters. The molecule has 5 nitrogen and oxygen atoms in total. The first-order chi connectivity index (χ1) is 14.1. The van der Waals surface area contributed by atoms with Gasteiger partial charge in [-0.2, -0.15) is 0 Å². The Bertz CT molecular complexity index is 940. The average Bonchev–Trinajstić information content (AvgIpc) is 2.71. The normalized spacial score (nSPS) is 20.9. The maximum absolute atomic E-state index is 12.8. The quantitative estimate of drug-likeness (QED) is 0.795. The molecular formula is C23H24ClNO4. The van der Waals surface area contributed by atoms with Crippen molar-refractivity contribution in [3.8, 4) is 17.2 Å². The number of benzene rings is 2. The molecule has 1 unspecified atom stereocenters. The Labute approximate surface area is 175 Å². The molecule has 0 bridgehead atoms. The molecule has 1 amide bonds. The van der Waals surface area contributed by atoms with E-state index in [0.717, 1.165) is 47.6 Å². The zero-order chi connectivity index (χ0) is 19.8. The smallest absolute Gasteiger partial charge is 0.220 e. The van der Waals surface area contributed by atoms with E-state index >= 15 is 0 Å². The second-order valence-electron chi connectivity index (χ2n) is 8.09. The van der Waals surface area contributed by atoms with Crippen LogP contribution < -0.4 is 19.5 Å². The van der Waals surface area contributed by atoms with Crippen LogP contribution in [0.2, 0.25) is 5.02 Å². The number of aryl methyl sites for hydroxylation is 1. The van der Waals surface area contributed by atoms with E-state index in [9.17, 15) is 4.79 Å². The minimum atomic E-state index is -0.136. The lowest BCUT2D eigenvalue weighted by Crippen LogP contribution is -2.49. The van der Waals surface area contributed by atoms with Crippen molar-refractivity contribution >= 4 is 17.5 Å². The third kappa shape index (κ3) is 3.64. The van der Waals surface area contributed by atoms with Crippen LogP contribution in [-0.2, 0) is 11.2 Å². The van der Waals surface area contributed by atoms with Gasteiger partial charge in [-0.25, -0.2) is 0 Å². The number of halogens is 1. The van der Waals surface area contributed by atoms with Gasteiger partial charge in [0.1, 0.15) is 24.6 Å². The molecule has 6 heteroatoms. The van der Waals surface area contributed by atoms with Gasteiger partial charge in [-0.15, -0.1) is 0 Å². The van der Waals surface area contributed by atoms with Gasteiger partial charge >= 0.3 is 0 Å². The lowest BCUT2D eigenvalue weighted by Gasteiger charge is -2.48. The minimum absolute atomic E-state index is 0.0200. The number of carbonyl (C=O) groups excluding carboxylic acids is 1. The molecule has 0 saturated heterocycles. The Morgan fingerprint density at radius 2 is 2.00 bits per heavy atom. The van der Waals surface area contributed by atoms with E-state index in [2.05, 4.69) is 5.32 Å². The molecule has 1 aliphatic carbocycles. The summed E-state index contributed by atoms with van der Waals surface area (Å²) in [7, 11) is 0. The fourth-order valence-corrected chi connectivity index (χ4v) is 4.67. The molecule has 2 heterocycles. The van der Waals surface area contributed by atoms with Crippen LogP contribution in [0.4, 0.5) is 0 Å². The summed E-state index contributed by atoms with van der Waals surface area (Å²) < 4.78 is 17.7. The van der Waals surface area contributed by atoms with Gasteiger partial charge in [0.25, 0.3) is 0 Å². The Morgan fingerprint density at radius 3 is 2.83 bits per heavy atom. The predicted octanol–water partition coefficient (Wildman–Crippen LogP) is 4.61. The van der Waals surface area contributed by atoms with Gasteiger partial charge in [0, 0.05) is 23.4 Å². The summed E-state index contributed by atoms with van der Waals surface area (Å²) in [6, 6.07) is 11.4. The second-order valence-corrected chi connectivity index (χ2v) is 8.52. The minimum Gasteiger partial charge on any atom is -0.487 e.